The lowest BCUT2D eigenvalue weighted by Crippen LogP contribution is -2.35. The second-order valence-corrected chi connectivity index (χ2v) is 8.00. The molecule has 0 radical (unpaired) electrons. The third-order valence-electron chi connectivity index (χ3n) is 3.94. The summed E-state index contributed by atoms with van der Waals surface area (Å²) in [5.41, 5.74) is 0.790. The van der Waals surface area contributed by atoms with Crippen LogP contribution in [0.15, 0.2) is 53.0 Å². The Bertz CT molecular complexity index is 1000. The Morgan fingerprint density at radius 3 is 2.60 bits per heavy atom. The summed E-state index contributed by atoms with van der Waals surface area (Å²) in [7, 11) is 0. The van der Waals surface area contributed by atoms with Gasteiger partial charge in [0.15, 0.2) is 17.6 Å². The summed E-state index contributed by atoms with van der Waals surface area (Å²) >= 11 is 2.75. The number of carbonyl (C=O) groups is 3. The minimum atomic E-state index is -0.661. The number of benzene rings is 1. The molecule has 0 spiro atoms. The van der Waals surface area contributed by atoms with E-state index in [2.05, 4.69) is 15.5 Å². The summed E-state index contributed by atoms with van der Waals surface area (Å²) < 4.78 is 6.87. The first-order valence-corrected chi connectivity index (χ1v) is 11.1. The van der Waals surface area contributed by atoms with E-state index in [1.54, 1.807) is 23.5 Å². The Kier molecular flexibility index (Phi) is 7.75. The lowest BCUT2D eigenvalue weighted by atomic mass is 10.1. The number of nitrogens with zero attached hydrogens (tertiary/aromatic N) is 3. The van der Waals surface area contributed by atoms with E-state index in [9.17, 15) is 14.4 Å². The molecule has 0 unspecified atom stereocenters. The van der Waals surface area contributed by atoms with Crippen molar-refractivity contribution >= 4 is 40.9 Å². The second-order valence-electron chi connectivity index (χ2n) is 6.11. The second kappa shape index (κ2) is 10.7. The predicted molar refractivity (Wildman–Crippen MR) is 114 cm³/mol. The van der Waals surface area contributed by atoms with E-state index < -0.39 is 24.4 Å². The molecule has 2 amide bonds. The summed E-state index contributed by atoms with van der Waals surface area (Å²) in [6.07, 6.45) is 0.0790. The summed E-state index contributed by atoms with van der Waals surface area (Å²) in [5.74, 6) is -0.957. The molecular formula is C20H20N4O4S2. The Hall–Kier alpha value is -2.98. The highest BCUT2D eigenvalue weighted by molar-refractivity contribution is 7.99. The van der Waals surface area contributed by atoms with Crippen LogP contribution in [-0.2, 0) is 32.1 Å². The van der Waals surface area contributed by atoms with Gasteiger partial charge in [-0.1, -0.05) is 48.2 Å². The molecule has 2 heterocycles. The normalized spacial score (nSPS) is 10.6. The van der Waals surface area contributed by atoms with Gasteiger partial charge in [-0.05, 0) is 23.9 Å². The van der Waals surface area contributed by atoms with Gasteiger partial charge in [0.2, 0.25) is 5.91 Å². The Morgan fingerprint density at radius 1 is 1.10 bits per heavy atom. The molecule has 1 aromatic carbocycles. The van der Waals surface area contributed by atoms with E-state index >= 15 is 0 Å². The molecule has 10 heteroatoms. The van der Waals surface area contributed by atoms with Gasteiger partial charge >= 0.3 is 5.97 Å². The summed E-state index contributed by atoms with van der Waals surface area (Å²) in [6.45, 7) is 2.12. The van der Waals surface area contributed by atoms with Crippen molar-refractivity contribution in [2.75, 3.05) is 12.4 Å². The molecule has 0 saturated heterocycles. The highest BCUT2D eigenvalue weighted by Crippen LogP contribution is 2.27. The van der Waals surface area contributed by atoms with Crippen LogP contribution in [0.3, 0.4) is 0 Å². The molecular weight excluding hydrogens is 424 g/mol. The average Bonchev–Trinajstić information content (AvgIpc) is 3.40. The molecule has 0 saturated carbocycles. The van der Waals surface area contributed by atoms with Crippen molar-refractivity contribution in [1.29, 1.82) is 0 Å². The Labute approximate surface area is 181 Å². The third kappa shape index (κ3) is 6.01. The number of amides is 2. The predicted octanol–water partition coefficient (Wildman–Crippen LogP) is 2.55. The largest absolute Gasteiger partial charge is 0.455 e. The van der Waals surface area contributed by atoms with Crippen LogP contribution in [0.5, 0.6) is 0 Å². The van der Waals surface area contributed by atoms with Crippen LogP contribution >= 0.6 is 23.1 Å². The number of hydrogen-bond donors (Lipinski definition) is 1. The number of thioether (sulfide) groups is 1. The van der Waals surface area contributed by atoms with Crippen molar-refractivity contribution in [2.45, 2.75) is 25.0 Å². The van der Waals surface area contributed by atoms with Crippen molar-refractivity contribution in [3.63, 3.8) is 0 Å². The van der Waals surface area contributed by atoms with Gasteiger partial charge in [0.05, 0.1) is 17.1 Å². The van der Waals surface area contributed by atoms with E-state index in [-0.39, 0.29) is 12.2 Å². The maximum absolute atomic E-state index is 12.0. The molecule has 2 aromatic heterocycles. The number of hydrogen-bond acceptors (Lipinski definition) is 8. The van der Waals surface area contributed by atoms with Crippen LogP contribution in [0.4, 0.5) is 0 Å². The molecule has 1 N–H and O–H groups in total. The minimum absolute atomic E-state index is 0.0200. The van der Waals surface area contributed by atoms with Gasteiger partial charge in [-0.2, -0.15) is 0 Å². The highest BCUT2D eigenvalue weighted by atomic mass is 32.2. The van der Waals surface area contributed by atoms with E-state index in [1.165, 1.54) is 11.8 Å². The minimum Gasteiger partial charge on any atom is -0.455 e. The first kappa shape index (κ1) is 21.7. The number of thiophene rings is 1. The zero-order chi connectivity index (χ0) is 21.3. The summed E-state index contributed by atoms with van der Waals surface area (Å²) in [6, 6.07) is 12.9. The summed E-state index contributed by atoms with van der Waals surface area (Å²) in [4.78, 5) is 36.6. The first-order valence-electron chi connectivity index (χ1n) is 9.19. The number of carbonyl (C=O) groups excluding carboxylic acids is 3. The van der Waals surface area contributed by atoms with Crippen molar-refractivity contribution in [3.05, 3.63) is 53.4 Å². The van der Waals surface area contributed by atoms with Crippen molar-refractivity contribution in [3.8, 4) is 10.7 Å². The first-order chi connectivity index (χ1) is 14.6. The van der Waals surface area contributed by atoms with Gasteiger partial charge in [-0.25, -0.2) is 0 Å². The smallest absolute Gasteiger partial charge is 0.316 e. The van der Waals surface area contributed by atoms with Crippen LogP contribution < -0.4 is 5.32 Å². The van der Waals surface area contributed by atoms with E-state index in [1.807, 2.05) is 47.2 Å². The van der Waals surface area contributed by atoms with Crippen LogP contribution in [0.2, 0.25) is 0 Å². The van der Waals surface area contributed by atoms with Gasteiger partial charge in [-0.3, -0.25) is 19.7 Å². The zero-order valence-corrected chi connectivity index (χ0v) is 17.9. The molecule has 3 rings (SSSR count). The molecule has 0 atom stereocenters. The quantitative estimate of drug-likeness (QED) is 0.400. The number of esters is 1. The molecule has 30 heavy (non-hydrogen) atoms. The monoisotopic (exact) mass is 444 g/mol. The number of rotatable bonds is 9. The standard InChI is InChI=1S/C20H20N4O4S2/c1-2-24-19(15-9-6-10-29-15)22-23-20(24)30-13-18(27)28-12-17(26)21-16(25)11-14-7-4-3-5-8-14/h3-10H,2,11-13H2,1H3,(H,21,25,26). The SMILES string of the molecule is CCn1c(SCC(=O)OCC(=O)NC(=O)Cc2ccccc2)nnc1-c1cccs1. The molecule has 0 aliphatic heterocycles. The fraction of sp³-hybridized carbons (Fsp3) is 0.250. The van der Waals surface area contributed by atoms with Crippen molar-refractivity contribution < 1.29 is 19.1 Å². The third-order valence-corrected chi connectivity index (χ3v) is 5.75. The van der Waals surface area contributed by atoms with Gasteiger partial charge in [-0.15, -0.1) is 21.5 Å². The topological polar surface area (TPSA) is 103 Å². The van der Waals surface area contributed by atoms with Crippen molar-refractivity contribution in [1.82, 2.24) is 20.1 Å². The van der Waals surface area contributed by atoms with Crippen molar-refractivity contribution in [2.24, 2.45) is 0 Å². The fourth-order valence-electron chi connectivity index (χ4n) is 2.60. The highest BCUT2D eigenvalue weighted by Gasteiger charge is 2.16. The Balaban J connectivity index is 1.43. The van der Waals surface area contributed by atoms with Gasteiger partial charge in [0.25, 0.3) is 5.91 Å². The molecule has 8 nitrogen and oxygen atoms in total. The molecule has 0 bridgehead atoms. The lowest BCUT2D eigenvalue weighted by molar-refractivity contribution is -0.147. The molecule has 156 valence electrons. The molecule has 0 aliphatic rings. The van der Waals surface area contributed by atoms with Crippen LogP contribution in [-0.4, -0.2) is 44.9 Å². The number of nitrogens with one attached hydrogen (secondary N) is 1. The van der Waals surface area contributed by atoms with E-state index in [4.69, 9.17) is 4.74 Å². The van der Waals surface area contributed by atoms with E-state index in [0.717, 1.165) is 16.3 Å². The zero-order valence-electron chi connectivity index (χ0n) is 16.2. The number of imide groups is 1. The number of aromatic nitrogens is 3. The van der Waals surface area contributed by atoms with E-state index in [0.29, 0.717) is 11.7 Å². The molecule has 0 aliphatic carbocycles. The van der Waals surface area contributed by atoms with Crippen LogP contribution in [0, 0.1) is 0 Å². The fourth-order valence-corrected chi connectivity index (χ4v) is 4.11. The molecule has 3 aromatic rings. The van der Waals surface area contributed by atoms with Crippen LogP contribution in [0.1, 0.15) is 12.5 Å². The van der Waals surface area contributed by atoms with Crippen LogP contribution in [0.25, 0.3) is 10.7 Å². The summed E-state index contributed by atoms with van der Waals surface area (Å²) in [5, 5.41) is 13.1. The average molecular weight is 445 g/mol. The van der Waals surface area contributed by atoms with Gasteiger partial charge in [0.1, 0.15) is 0 Å². The maximum Gasteiger partial charge on any atom is 0.316 e. The Morgan fingerprint density at radius 2 is 1.90 bits per heavy atom. The maximum atomic E-state index is 12.0. The number of ether oxygens (including phenoxy) is 1. The van der Waals surface area contributed by atoms with Gasteiger partial charge < -0.3 is 9.30 Å². The van der Waals surface area contributed by atoms with Gasteiger partial charge in [0, 0.05) is 6.54 Å². The molecule has 0 fully saturated rings. The lowest BCUT2D eigenvalue weighted by Gasteiger charge is -2.07.